The predicted octanol–water partition coefficient (Wildman–Crippen LogP) is 9.75. The van der Waals surface area contributed by atoms with Crippen molar-refractivity contribution in [2.75, 3.05) is 0 Å². The normalized spacial score (nSPS) is 11.3. The Labute approximate surface area is 196 Å². The number of unbranched alkanes of at least 4 members (excludes halogenated alkanes) is 19. The van der Waals surface area contributed by atoms with Gasteiger partial charge in [-0.15, -0.1) is 0 Å². The molecule has 1 heterocycles. The van der Waals surface area contributed by atoms with Crippen LogP contribution in [0.4, 0.5) is 0 Å². The van der Waals surface area contributed by atoms with Crippen molar-refractivity contribution in [2.45, 2.75) is 162 Å². The number of pyridine rings is 1. The van der Waals surface area contributed by atoms with E-state index in [0.717, 1.165) is 0 Å². The first-order valence-electron chi connectivity index (χ1n) is 14.4. The molecule has 0 radical (unpaired) electrons. The van der Waals surface area contributed by atoms with Crippen LogP contribution >= 0.6 is 0 Å². The number of rotatable bonds is 23. The second-order valence-electron chi connectivity index (χ2n) is 9.85. The lowest BCUT2D eigenvalue weighted by Gasteiger charge is -2.05. The highest BCUT2D eigenvalue weighted by atomic mass is 14.9. The molecule has 0 fully saturated rings. The van der Waals surface area contributed by atoms with Crippen molar-refractivity contribution in [3.05, 3.63) is 30.1 Å². The van der Waals surface area contributed by atoms with E-state index in [1.54, 1.807) is 5.69 Å². The molecule has 180 valence electrons. The Bertz CT molecular complexity index is 481. The molecule has 0 atom stereocenters. The molecular formula is C30H56N+. The fraction of sp³-hybridized carbons (Fsp3) is 0.833. The minimum Gasteiger partial charge on any atom is -0.202 e. The number of nitrogens with zero attached hydrogens (tertiary/aromatic N) is 1. The van der Waals surface area contributed by atoms with Gasteiger partial charge >= 0.3 is 0 Å². The highest BCUT2D eigenvalue weighted by Gasteiger charge is 2.08. The fourth-order valence-electron chi connectivity index (χ4n) is 4.70. The van der Waals surface area contributed by atoms with Gasteiger partial charge in [0.2, 0.25) is 0 Å². The van der Waals surface area contributed by atoms with E-state index in [0.29, 0.717) is 0 Å². The Hall–Kier alpha value is -0.850. The van der Waals surface area contributed by atoms with Crippen molar-refractivity contribution < 1.29 is 4.57 Å². The quantitative estimate of drug-likeness (QED) is 0.120. The van der Waals surface area contributed by atoms with E-state index in [4.69, 9.17) is 0 Å². The van der Waals surface area contributed by atoms with Gasteiger partial charge in [0.15, 0.2) is 11.9 Å². The zero-order valence-corrected chi connectivity index (χ0v) is 21.5. The van der Waals surface area contributed by atoms with Crippen molar-refractivity contribution in [1.82, 2.24) is 0 Å². The SMILES string of the molecule is CCCCCCCCCCCCCC[n+]1ccccc1CCCCCCCCCCC. The first-order valence-corrected chi connectivity index (χ1v) is 14.4. The smallest absolute Gasteiger partial charge is 0.181 e. The second kappa shape index (κ2) is 22.3. The summed E-state index contributed by atoms with van der Waals surface area (Å²) in [5.41, 5.74) is 1.55. The van der Waals surface area contributed by atoms with Gasteiger partial charge in [0, 0.05) is 25.0 Å². The van der Waals surface area contributed by atoms with Gasteiger partial charge in [-0.3, -0.25) is 0 Å². The van der Waals surface area contributed by atoms with E-state index in [9.17, 15) is 0 Å². The molecule has 0 amide bonds. The van der Waals surface area contributed by atoms with Crippen LogP contribution in [-0.4, -0.2) is 0 Å². The molecule has 0 aliphatic carbocycles. The summed E-state index contributed by atoms with van der Waals surface area (Å²) in [5, 5.41) is 0. The van der Waals surface area contributed by atoms with Gasteiger partial charge in [-0.1, -0.05) is 135 Å². The lowest BCUT2D eigenvalue weighted by molar-refractivity contribution is -0.704. The minimum absolute atomic E-state index is 1.21. The molecular weight excluding hydrogens is 374 g/mol. The standard InChI is InChI=1S/C30H56N/c1-3-5-7-9-11-13-14-15-17-19-21-24-28-31-29-25-23-27-30(31)26-22-20-18-16-12-10-8-6-4-2/h23,25,27,29H,3-22,24,26,28H2,1-2H3/q+1. The second-order valence-corrected chi connectivity index (χ2v) is 9.85. The first kappa shape index (κ1) is 28.2. The zero-order valence-electron chi connectivity index (χ0n) is 21.5. The molecule has 0 aliphatic heterocycles. The van der Waals surface area contributed by atoms with Gasteiger partial charge in [0.1, 0.15) is 6.54 Å². The Kier molecular flexibility index (Phi) is 20.3. The fourth-order valence-corrected chi connectivity index (χ4v) is 4.70. The molecule has 1 aromatic rings. The average molecular weight is 431 g/mol. The van der Waals surface area contributed by atoms with E-state index in [1.165, 1.54) is 148 Å². The van der Waals surface area contributed by atoms with Crippen LogP contribution in [0, 0.1) is 0 Å². The summed E-state index contributed by atoms with van der Waals surface area (Å²) in [5.74, 6) is 0. The highest BCUT2D eigenvalue weighted by molar-refractivity contribution is 4.97. The van der Waals surface area contributed by atoms with E-state index >= 15 is 0 Å². The zero-order chi connectivity index (χ0) is 22.2. The van der Waals surface area contributed by atoms with Crippen LogP contribution in [0.3, 0.4) is 0 Å². The highest BCUT2D eigenvalue weighted by Crippen LogP contribution is 2.13. The summed E-state index contributed by atoms with van der Waals surface area (Å²) in [6.07, 6.45) is 33.5. The summed E-state index contributed by atoms with van der Waals surface area (Å²) < 4.78 is 2.53. The largest absolute Gasteiger partial charge is 0.202 e. The van der Waals surface area contributed by atoms with Crippen molar-refractivity contribution >= 4 is 0 Å². The van der Waals surface area contributed by atoms with Crippen molar-refractivity contribution in [3.63, 3.8) is 0 Å². The molecule has 0 spiro atoms. The van der Waals surface area contributed by atoms with Crippen molar-refractivity contribution in [1.29, 1.82) is 0 Å². The van der Waals surface area contributed by atoms with Crippen LogP contribution in [0.25, 0.3) is 0 Å². The lowest BCUT2D eigenvalue weighted by atomic mass is 10.0. The molecule has 0 bridgehead atoms. The summed E-state index contributed by atoms with van der Waals surface area (Å²) in [6.45, 7) is 5.81. The van der Waals surface area contributed by atoms with E-state index in [1.807, 2.05) is 0 Å². The Morgan fingerprint density at radius 3 is 1.39 bits per heavy atom. The van der Waals surface area contributed by atoms with Crippen LogP contribution in [0.1, 0.15) is 154 Å². The van der Waals surface area contributed by atoms with E-state index in [2.05, 4.69) is 42.8 Å². The van der Waals surface area contributed by atoms with Crippen molar-refractivity contribution in [2.24, 2.45) is 0 Å². The van der Waals surface area contributed by atoms with Gasteiger partial charge in [0.05, 0.1) is 0 Å². The molecule has 1 rings (SSSR count). The van der Waals surface area contributed by atoms with Crippen LogP contribution in [0.2, 0.25) is 0 Å². The third-order valence-corrected chi connectivity index (χ3v) is 6.82. The molecule has 0 N–H and O–H groups in total. The summed E-state index contributed by atoms with van der Waals surface area (Å²) >= 11 is 0. The minimum atomic E-state index is 1.21. The maximum Gasteiger partial charge on any atom is 0.181 e. The molecule has 0 saturated heterocycles. The maximum absolute atomic E-state index is 2.53. The molecule has 0 aromatic carbocycles. The monoisotopic (exact) mass is 430 g/mol. The number of hydrogen-bond acceptors (Lipinski definition) is 0. The van der Waals surface area contributed by atoms with E-state index in [-0.39, 0.29) is 0 Å². The Balaban J connectivity index is 2.00. The lowest BCUT2D eigenvalue weighted by Crippen LogP contribution is -2.37. The van der Waals surface area contributed by atoms with E-state index < -0.39 is 0 Å². The summed E-state index contributed by atoms with van der Waals surface area (Å²) in [4.78, 5) is 0. The van der Waals surface area contributed by atoms with Crippen LogP contribution in [-0.2, 0) is 13.0 Å². The first-order chi connectivity index (χ1) is 15.4. The molecule has 0 unspecified atom stereocenters. The van der Waals surface area contributed by atoms with Crippen LogP contribution < -0.4 is 4.57 Å². The predicted molar refractivity (Wildman–Crippen MR) is 139 cm³/mol. The summed E-state index contributed by atoms with van der Waals surface area (Å²) in [7, 11) is 0. The number of aromatic nitrogens is 1. The Morgan fingerprint density at radius 2 is 0.903 bits per heavy atom. The van der Waals surface area contributed by atoms with Crippen LogP contribution in [0.5, 0.6) is 0 Å². The molecule has 0 aliphatic rings. The van der Waals surface area contributed by atoms with Crippen molar-refractivity contribution in [3.8, 4) is 0 Å². The molecule has 1 heteroatoms. The third-order valence-electron chi connectivity index (χ3n) is 6.82. The Morgan fingerprint density at radius 1 is 0.484 bits per heavy atom. The maximum atomic E-state index is 2.53. The van der Waals surface area contributed by atoms with Crippen LogP contribution in [0.15, 0.2) is 24.4 Å². The molecule has 1 nitrogen and oxygen atoms in total. The molecule has 1 aromatic heterocycles. The summed E-state index contributed by atoms with van der Waals surface area (Å²) in [6, 6.07) is 6.79. The molecule has 31 heavy (non-hydrogen) atoms. The number of hydrogen-bond donors (Lipinski definition) is 0. The number of aryl methyl sites for hydroxylation is 2. The van der Waals surface area contributed by atoms with Gasteiger partial charge in [-0.25, -0.2) is 4.57 Å². The van der Waals surface area contributed by atoms with Gasteiger partial charge < -0.3 is 0 Å². The third kappa shape index (κ3) is 17.4. The van der Waals surface area contributed by atoms with Gasteiger partial charge in [-0.2, -0.15) is 0 Å². The molecule has 0 saturated carbocycles. The van der Waals surface area contributed by atoms with Gasteiger partial charge in [-0.05, 0) is 12.8 Å². The topological polar surface area (TPSA) is 3.88 Å². The average Bonchev–Trinajstić information content (AvgIpc) is 2.79. The van der Waals surface area contributed by atoms with Gasteiger partial charge in [0.25, 0.3) is 0 Å².